The van der Waals surface area contributed by atoms with Gasteiger partial charge in [0, 0.05) is 13.1 Å². The highest BCUT2D eigenvalue weighted by Crippen LogP contribution is 2.26. The molecule has 0 spiro atoms. The Bertz CT molecular complexity index is 439. The molecule has 0 radical (unpaired) electrons. The first-order valence-electron chi connectivity index (χ1n) is 7.01. The minimum absolute atomic E-state index is 0.179. The number of halogens is 1. The van der Waals surface area contributed by atoms with Crippen LogP contribution in [0.5, 0.6) is 5.75 Å². The maximum Gasteiger partial charge on any atom is 0.165 e. The second-order valence-corrected chi connectivity index (χ2v) is 5.05. The number of hydrogen-bond acceptors (Lipinski definition) is 4. The van der Waals surface area contributed by atoms with E-state index >= 15 is 0 Å². The molecule has 2 rings (SSSR count). The fourth-order valence-corrected chi connectivity index (χ4v) is 2.52. The van der Waals surface area contributed by atoms with Crippen LogP contribution in [0.15, 0.2) is 18.2 Å². The fourth-order valence-electron chi connectivity index (χ4n) is 2.52. The van der Waals surface area contributed by atoms with Gasteiger partial charge in [0.25, 0.3) is 0 Å². The van der Waals surface area contributed by atoms with Gasteiger partial charge in [0.05, 0.1) is 13.7 Å². The van der Waals surface area contributed by atoms with Crippen molar-refractivity contribution in [1.29, 1.82) is 0 Å². The predicted octanol–water partition coefficient (Wildman–Crippen LogP) is 1.98. The van der Waals surface area contributed by atoms with Crippen LogP contribution in [0, 0.1) is 5.82 Å². The van der Waals surface area contributed by atoms with E-state index in [9.17, 15) is 9.50 Å². The molecule has 1 aromatic rings. The summed E-state index contributed by atoms with van der Waals surface area (Å²) < 4.78 is 24.2. The molecule has 0 aromatic heterocycles. The first kappa shape index (κ1) is 15.2. The third-order valence-corrected chi connectivity index (χ3v) is 3.59. The Morgan fingerprint density at radius 1 is 1.55 bits per heavy atom. The molecule has 1 fully saturated rings. The number of aliphatic hydroxyl groups is 1. The maximum absolute atomic E-state index is 13.7. The second-order valence-electron chi connectivity index (χ2n) is 5.05. The van der Waals surface area contributed by atoms with Crippen molar-refractivity contribution in [2.45, 2.75) is 25.6 Å². The Morgan fingerprint density at radius 3 is 3.00 bits per heavy atom. The molecule has 1 aromatic carbocycles. The fraction of sp³-hybridized carbons (Fsp3) is 0.600. The van der Waals surface area contributed by atoms with Gasteiger partial charge in [-0.05, 0) is 30.7 Å². The Hall–Kier alpha value is -1.17. The lowest BCUT2D eigenvalue weighted by Crippen LogP contribution is -2.45. The van der Waals surface area contributed by atoms with Crippen LogP contribution in [-0.2, 0) is 4.74 Å². The lowest BCUT2D eigenvalue weighted by atomic mass is 10.0. The number of benzene rings is 1. The molecular formula is C15H22FNO3. The zero-order valence-electron chi connectivity index (χ0n) is 12.0. The number of nitrogens with zero attached hydrogens (tertiary/aromatic N) is 1. The van der Waals surface area contributed by atoms with Crippen molar-refractivity contribution in [2.75, 3.05) is 33.4 Å². The first-order chi connectivity index (χ1) is 9.65. The molecule has 1 heterocycles. The van der Waals surface area contributed by atoms with Crippen LogP contribution >= 0.6 is 0 Å². The van der Waals surface area contributed by atoms with Gasteiger partial charge in [0.15, 0.2) is 11.6 Å². The SMILES string of the molecule is CCCN1CCOC(C(O)c2ccc(OC)c(F)c2)C1. The van der Waals surface area contributed by atoms with Crippen LogP contribution in [0.25, 0.3) is 0 Å². The standard InChI is InChI=1S/C15H22FNO3/c1-3-6-17-7-8-20-14(10-17)15(18)11-4-5-13(19-2)12(16)9-11/h4-5,9,14-15,18H,3,6-8,10H2,1-2H3. The van der Waals surface area contributed by atoms with E-state index in [2.05, 4.69) is 11.8 Å². The molecule has 0 amide bonds. The van der Waals surface area contributed by atoms with Crippen molar-refractivity contribution in [1.82, 2.24) is 4.90 Å². The molecule has 1 saturated heterocycles. The molecule has 112 valence electrons. The van der Waals surface area contributed by atoms with Crippen molar-refractivity contribution < 1.29 is 19.0 Å². The quantitative estimate of drug-likeness (QED) is 0.897. The number of methoxy groups -OCH3 is 1. The molecular weight excluding hydrogens is 261 g/mol. The number of rotatable bonds is 5. The smallest absolute Gasteiger partial charge is 0.165 e. The van der Waals surface area contributed by atoms with Crippen molar-refractivity contribution in [3.63, 3.8) is 0 Å². The van der Waals surface area contributed by atoms with E-state index in [0.29, 0.717) is 18.7 Å². The van der Waals surface area contributed by atoms with Gasteiger partial charge in [0.1, 0.15) is 12.2 Å². The molecule has 1 aliphatic heterocycles. The minimum atomic E-state index is -0.824. The Morgan fingerprint density at radius 2 is 2.35 bits per heavy atom. The van der Waals surface area contributed by atoms with Crippen molar-refractivity contribution in [2.24, 2.45) is 0 Å². The van der Waals surface area contributed by atoms with Gasteiger partial charge in [-0.2, -0.15) is 0 Å². The molecule has 1 N–H and O–H groups in total. The molecule has 2 atom stereocenters. The number of ether oxygens (including phenoxy) is 2. The average molecular weight is 283 g/mol. The van der Waals surface area contributed by atoms with Crippen LogP contribution in [0.3, 0.4) is 0 Å². The summed E-state index contributed by atoms with van der Waals surface area (Å²) in [5.74, 6) is -0.289. The van der Waals surface area contributed by atoms with Crippen LogP contribution in [0.1, 0.15) is 25.0 Å². The predicted molar refractivity (Wildman–Crippen MR) is 74.4 cm³/mol. The van der Waals surface area contributed by atoms with Crippen LogP contribution in [0.2, 0.25) is 0 Å². The summed E-state index contributed by atoms with van der Waals surface area (Å²) in [6, 6.07) is 4.51. The third kappa shape index (κ3) is 3.48. The monoisotopic (exact) mass is 283 g/mol. The highest BCUT2D eigenvalue weighted by molar-refractivity contribution is 5.30. The normalized spacial score (nSPS) is 21.7. The minimum Gasteiger partial charge on any atom is -0.494 e. The zero-order chi connectivity index (χ0) is 14.5. The molecule has 5 heteroatoms. The Kier molecular flexibility index (Phi) is 5.34. The average Bonchev–Trinajstić information content (AvgIpc) is 2.47. The summed E-state index contributed by atoms with van der Waals surface area (Å²) in [7, 11) is 1.42. The molecule has 20 heavy (non-hydrogen) atoms. The summed E-state index contributed by atoms with van der Waals surface area (Å²) in [5, 5.41) is 10.4. The topological polar surface area (TPSA) is 41.9 Å². The van der Waals surface area contributed by atoms with Gasteiger partial charge < -0.3 is 14.6 Å². The molecule has 0 bridgehead atoms. The van der Waals surface area contributed by atoms with Gasteiger partial charge >= 0.3 is 0 Å². The highest BCUT2D eigenvalue weighted by atomic mass is 19.1. The highest BCUT2D eigenvalue weighted by Gasteiger charge is 2.28. The largest absolute Gasteiger partial charge is 0.494 e. The summed E-state index contributed by atoms with van der Waals surface area (Å²) in [5.41, 5.74) is 0.520. The lowest BCUT2D eigenvalue weighted by molar-refractivity contribution is -0.0899. The number of aliphatic hydroxyl groups excluding tert-OH is 1. The van der Waals surface area contributed by atoms with E-state index in [4.69, 9.17) is 9.47 Å². The van der Waals surface area contributed by atoms with Gasteiger partial charge in [-0.1, -0.05) is 13.0 Å². The lowest BCUT2D eigenvalue weighted by Gasteiger charge is -2.35. The van der Waals surface area contributed by atoms with Gasteiger partial charge in [-0.3, -0.25) is 4.90 Å². The van der Waals surface area contributed by atoms with Crippen molar-refractivity contribution in [3.8, 4) is 5.75 Å². The summed E-state index contributed by atoms with van der Waals surface area (Å²) in [6.07, 6.45) is -0.0712. The second kappa shape index (κ2) is 7.02. The zero-order valence-corrected chi connectivity index (χ0v) is 12.0. The number of hydrogen-bond donors (Lipinski definition) is 1. The van der Waals surface area contributed by atoms with Crippen LogP contribution < -0.4 is 4.74 Å². The van der Waals surface area contributed by atoms with Gasteiger partial charge in [0.2, 0.25) is 0 Å². The maximum atomic E-state index is 13.7. The van der Waals surface area contributed by atoms with E-state index in [0.717, 1.165) is 19.5 Å². The number of morpholine rings is 1. The van der Waals surface area contributed by atoms with Crippen LogP contribution in [0.4, 0.5) is 4.39 Å². The molecule has 1 aliphatic rings. The van der Waals surface area contributed by atoms with Crippen molar-refractivity contribution >= 4 is 0 Å². The molecule has 4 nitrogen and oxygen atoms in total. The Balaban J connectivity index is 2.06. The van der Waals surface area contributed by atoms with E-state index in [-0.39, 0.29) is 11.9 Å². The van der Waals surface area contributed by atoms with Gasteiger partial charge in [-0.25, -0.2) is 4.39 Å². The van der Waals surface area contributed by atoms with Crippen molar-refractivity contribution in [3.05, 3.63) is 29.6 Å². The van der Waals surface area contributed by atoms with E-state index in [1.807, 2.05) is 0 Å². The van der Waals surface area contributed by atoms with E-state index in [1.54, 1.807) is 6.07 Å². The van der Waals surface area contributed by atoms with E-state index < -0.39 is 11.9 Å². The van der Waals surface area contributed by atoms with Crippen LogP contribution in [-0.4, -0.2) is 49.5 Å². The first-order valence-corrected chi connectivity index (χ1v) is 7.01. The van der Waals surface area contributed by atoms with Gasteiger partial charge in [-0.15, -0.1) is 0 Å². The molecule has 0 saturated carbocycles. The Labute approximate surface area is 119 Å². The summed E-state index contributed by atoms with van der Waals surface area (Å²) in [6.45, 7) is 5.26. The third-order valence-electron chi connectivity index (χ3n) is 3.59. The summed E-state index contributed by atoms with van der Waals surface area (Å²) >= 11 is 0. The summed E-state index contributed by atoms with van der Waals surface area (Å²) in [4.78, 5) is 2.26. The molecule has 0 aliphatic carbocycles. The van der Waals surface area contributed by atoms with E-state index in [1.165, 1.54) is 19.2 Å². The molecule has 2 unspecified atom stereocenters.